The van der Waals surface area contributed by atoms with Crippen molar-refractivity contribution in [2.24, 2.45) is 0 Å². The van der Waals surface area contributed by atoms with Crippen LogP contribution in [0.5, 0.6) is 0 Å². The Morgan fingerprint density at radius 3 is 2.67 bits per heavy atom. The van der Waals surface area contributed by atoms with E-state index < -0.39 is 0 Å². The summed E-state index contributed by atoms with van der Waals surface area (Å²) in [5.74, 6) is 0. The molecule has 2 aromatic heterocycles. The molecule has 6 heteroatoms. The Balaban J connectivity index is 1.42. The van der Waals surface area contributed by atoms with Gasteiger partial charge in [0.1, 0.15) is 0 Å². The molecule has 0 unspecified atom stereocenters. The molecule has 0 radical (unpaired) electrons. The summed E-state index contributed by atoms with van der Waals surface area (Å²) in [6.07, 6.45) is 2.34. The molecule has 1 fully saturated rings. The lowest BCUT2D eigenvalue weighted by molar-refractivity contribution is 0.386. The number of piperidine rings is 1. The predicted molar refractivity (Wildman–Crippen MR) is 120 cm³/mol. The van der Waals surface area contributed by atoms with Gasteiger partial charge in [-0.3, -0.25) is 4.79 Å². The lowest BCUT2D eigenvalue weighted by Gasteiger charge is -2.23. The van der Waals surface area contributed by atoms with Crippen LogP contribution >= 0.6 is 0 Å². The van der Waals surface area contributed by atoms with Crippen molar-refractivity contribution in [3.8, 4) is 22.5 Å². The van der Waals surface area contributed by atoms with Gasteiger partial charge >= 0.3 is 0 Å². The van der Waals surface area contributed by atoms with Gasteiger partial charge in [-0.15, -0.1) is 0 Å². The molecular weight excluding hydrogens is 374 g/mol. The third-order valence-electron chi connectivity index (χ3n) is 5.78. The molecule has 3 heterocycles. The summed E-state index contributed by atoms with van der Waals surface area (Å²) >= 11 is 0. The zero-order valence-corrected chi connectivity index (χ0v) is 16.7. The van der Waals surface area contributed by atoms with Gasteiger partial charge in [-0.05, 0) is 49.7 Å². The lowest BCUT2D eigenvalue weighted by atomic mass is 10.1. The Kier molecular flexibility index (Phi) is 5.17. The molecule has 1 saturated heterocycles. The van der Waals surface area contributed by atoms with Gasteiger partial charge in [0.25, 0.3) is 5.56 Å². The average molecular weight is 399 g/mol. The van der Waals surface area contributed by atoms with Gasteiger partial charge in [0.2, 0.25) is 0 Å². The number of hydrogen-bond donors (Lipinski definition) is 4. The first-order valence-electron chi connectivity index (χ1n) is 10.5. The molecule has 4 N–H and O–H groups in total. The maximum absolute atomic E-state index is 12.5. The van der Waals surface area contributed by atoms with E-state index in [-0.39, 0.29) is 5.56 Å². The molecule has 1 aliphatic heterocycles. The van der Waals surface area contributed by atoms with Crippen molar-refractivity contribution in [1.29, 1.82) is 0 Å². The van der Waals surface area contributed by atoms with Crippen LogP contribution in [0.15, 0.2) is 65.5 Å². The Bertz CT molecular complexity index is 1210. The normalized spacial score (nSPS) is 14.9. The summed E-state index contributed by atoms with van der Waals surface area (Å²) in [6, 6.07) is 20.7. The number of nitrogens with zero attached hydrogens (tertiary/aromatic N) is 1. The highest BCUT2D eigenvalue weighted by Gasteiger charge is 2.13. The molecule has 4 aromatic rings. The van der Waals surface area contributed by atoms with Crippen molar-refractivity contribution in [3.05, 3.63) is 76.6 Å². The zero-order chi connectivity index (χ0) is 20.3. The maximum Gasteiger partial charge on any atom is 0.273 e. The van der Waals surface area contributed by atoms with Crippen LogP contribution in [0.4, 0.5) is 0 Å². The number of H-pyrrole nitrogens is 2. The maximum atomic E-state index is 12.5. The largest absolute Gasteiger partial charge is 0.354 e. The van der Waals surface area contributed by atoms with Gasteiger partial charge in [-0.1, -0.05) is 42.5 Å². The smallest absolute Gasteiger partial charge is 0.273 e. The molecule has 0 aliphatic carbocycles. The van der Waals surface area contributed by atoms with Crippen LogP contribution < -0.4 is 16.2 Å². The third kappa shape index (κ3) is 3.92. The number of aromatic amines is 2. The van der Waals surface area contributed by atoms with Crippen LogP contribution in [0.1, 0.15) is 18.4 Å². The van der Waals surface area contributed by atoms with Crippen molar-refractivity contribution < 1.29 is 0 Å². The summed E-state index contributed by atoms with van der Waals surface area (Å²) in [7, 11) is 0. The van der Waals surface area contributed by atoms with Crippen LogP contribution in [-0.4, -0.2) is 34.3 Å². The molecule has 0 spiro atoms. The zero-order valence-electron chi connectivity index (χ0n) is 16.7. The van der Waals surface area contributed by atoms with Gasteiger partial charge in [0.15, 0.2) is 0 Å². The molecule has 0 atom stereocenters. The standard InChI is InChI=1S/C24H25N5O/c30-24-20(14-22(28-29-24)17-4-2-1-3-5-17)23-13-18-7-6-16(12-21(18)27-23)15-26-19-8-10-25-11-9-19/h1-7,12-14,19,25-27H,8-11,15H2,(H,29,30). The predicted octanol–water partition coefficient (Wildman–Crippen LogP) is 3.43. The van der Waals surface area contributed by atoms with Crippen molar-refractivity contribution in [2.45, 2.75) is 25.4 Å². The van der Waals surface area contributed by atoms with Crippen LogP contribution in [0, 0.1) is 0 Å². The highest BCUT2D eigenvalue weighted by molar-refractivity contribution is 5.86. The van der Waals surface area contributed by atoms with Crippen molar-refractivity contribution >= 4 is 10.9 Å². The van der Waals surface area contributed by atoms with Crippen LogP contribution in [-0.2, 0) is 6.54 Å². The molecule has 152 valence electrons. The fraction of sp³-hybridized carbons (Fsp3) is 0.250. The van der Waals surface area contributed by atoms with E-state index in [1.165, 1.54) is 18.4 Å². The Hall–Kier alpha value is -3.22. The molecule has 1 aliphatic rings. The van der Waals surface area contributed by atoms with Crippen molar-refractivity contribution in [3.63, 3.8) is 0 Å². The second kappa shape index (κ2) is 8.26. The van der Waals surface area contributed by atoms with Crippen LogP contribution in [0.3, 0.4) is 0 Å². The number of aromatic nitrogens is 3. The van der Waals surface area contributed by atoms with E-state index in [1.807, 2.05) is 42.5 Å². The highest BCUT2D eigenvalue weighted by atomic mass is 16.1. The van der Waals surface area contributed by atoms with Gasteiger partial charge in [-0.25, -0.2) is 5.10 Å². The second-order valence-corrected chi connectivity index (χ2v) is 7.87. The van der Waals surface area contributed by atoms with E-state index in [4.69, 9.17) is 0 Å². The summed E-state index contributed by atoms with van der Waals surface area (Å²) in [4.78, 5) is 15.9. The number of rotatable bonds is 5. The molecule has 6 nitrogen and oxygen atoms in total. The first-order valence-corrected chi connectivity index (χ1v) is 10.5. The minimum Gasteiger partial charge on any atom is -0.354 e. The molecule has 0 bridgehead atoms. The van der Waals surface area contributed by atoms with Gasteiger partial charge in [0, 0.05) is 29.1 Å². The molecule has 0 amide bonds. The fourth-order valence-corrected chi connectivity index (χ4v) is 4.08. The number of fused-ring (bicyclic) bond motifs is 1. The summed E-state index contributed by atoms with van der Waals surface area (Å²) < 4.78 is 0. The van der Waals surface area contributed by atoms with Gasteiger partial charge < -0.3 is 15.6 Å². The van der Waals surface area contributed by atoms with Crippen LogP contribution in [0.25, 0.3) is 33.4 Å². The van der Waals surface area contributed by atoms with E-state index in [0.29, 0.717) is 11.6 Å². The minimum absolute atomic E-state index is 0.200. The fourth-order valence-electron chi connectivity index (χ4n) is 4.08. The summed E-state index contributed by atoms with van der Waals surface area (Å²) in [5, 5.41) is 15.0. The Morgan fingerprint density at radius 1 is 1.00 bits per heavy atom. The first-order chi connectivity index (χ1) is 14.8. The molecule has 0 saturated carbocycles. The molecular formula is C24H25N5O. The molecule has 30 heavy (non-hydrogen) atoms. The van der Waals surface area contributed by atoms with E-state index in [0.717, 1.165) is 47.5 Å². The minimum atomic E-state index is -0.200. The first kappa shape index (κ1) is 18.8. The van der Waals surface area contributed by atoms with E-state index >= 15 is 0 Å². The van der Waals surface area contributed by atoms with Crippen LogP contribution in [0.2, 0.25) is 0 Å². The lowest BCUT2D eigenvalue weighted by Crippen LogP contribution is -2.39. The monoisotopic (exact) mass is 399 g/mol. The third-order valence-corrected chi connectivity index (χ3v) is 5.78. The Labute approximate surface area is 174 Å². The van der Waals surface area contributed by atoms with Gasteiger partial charge in [0.05, 0.1) is 17.0 Å². The van der Waals surface area contributed by atoms with E-state index in [2.05, 4.69) is 44.0 Å². The second-order valence-electron chi connectivity index (χ2n) is 7.87. The van der Waals surface area contributed by atoms with Gasteiger partial charge in [-0.2, -0.15) is 5.10 Å². The summed E-state index contributed by atoms with van der Waals surface area (Å²) in [6.45, 7) is 3.02. The quantitative estimate of drug-likeness (QED) is 0.414. The Morgan fingerprint density at radius 2 is 1.83 bits per heavy atom. The SMILES string of the molecule is O=c1[nH]nc(-c2ccccc2)cc1-c1cc2ccc(CNC3CCNCC3)cc2[nH]1. The van der Waals surface area contributed by atoms with Crippen molar-refractivity contribution in [2.75, 3.05) is 13.1 Å². The number of benzene rings is 2. The van der Waals surface area contributed by atoms with E-state index in [1.54, 1.807) is 0 Å². The number of nitrogens with one attached hydrogen (secondary N) is 4. The van der Waals surface area contributed by atoms with Crippen molar-refractivity contribution in [1.82, 2.24) is 25.8 Å². The highest BCUT2D eigenvalue weighted by Crippen LogP contribution is 2.25. The average Bonchev–Trinajstić information content (AvgIpc) is 3.22. The van der Waals surface area contributed by atoms with E-state index in [9.17, 15) is 4.79 Å². The topological polar surface area (TPSA) is 85.6 Å². The molecule has 2 aromatic carbocycles. The molecule has 5 rings (SSSR count). The number of hydrogen-bond acceptors (Lipinski definition) is 4. The summed E-state index contributed by atoms with van der Waals surface area (Å²) in [5.41, 5.74) is 5.18.